The molecule has 54 heavy (non-hydrogen) atoms. The molecule has 0 aromatic rings. The maximum atomic E-state index is 13.6. The Balaban J connectivity index is 1.68. The van der Waals surface area contributed by atoms with E-state index in [1.54, 1.807) is 19.1 Å². The standard InChI is InChI=1S/C42H66O12/c1-22(2)13-17-30(43)24(5)16-20-33(45)42(10)21-11-12-29(42)26(7)31(44)18-15-25(6)32(19-14-23(3)4)53-40-38(50)36(48)39(28(9)52-40)54-41-37(49)35(47)34(46)27(8)51-41/h13-16,27-30,32,34-41,43,46-50H,7,11-12,17-21H2,1-6,8-10H3/b24-16+,25-15+/t27-,28+,29-,30?,32?,34-,35+,36+,37+,38+,39-,40-,41-,42-/m0/s1. The van der Waals surface area contributed by atoms with Crippen molar-refractivity contribution in [1.82, 2.24) is 0 Å². The number of ketones is 2. The third kappa shape index (κ3) is 11.6. The van der Waals surface area contributed by atoms with Gasteiger partial charge < -0.3 is 49.6 Å². The molecule has 2 saturated heterocycles. The Bertz CT molecular complexity index is 1420. The molecule has 1 aliphatic carbocycles. The number of allylic oxidation sites excluding steroid dienone is 5. The van der Waals surface area contributed by atoms with Crippen molar-refractivity contribution in [3.63, 3.8) is 0 Å². The molecule has 3 rings (SSSR count). The molecule has 14 atom stereocenters. The lowest BCUT2D eigenvalue weighted by Gasteiger charge is -2.45. The molecular formula is C42H66O12. The highest BCUT2D eigenvalue weighted by Crippen LogP contribution is 2.48. The van der Waals surface area contributed by atoms with Gasteiger partial charge in [-0.1, -0.05) is 55.4 Å². The number of hydrogen-bond acceptors (Lipinski definition) is 12. The smallest absolute Gasteiger partial charge is 0.187 e. The highest BCUT2D eigenvalue weighted by Gasteiger charge is 2.50. The fourth-order valence-electron chi connectivity index (χ4n) is 7.37. The van der Waals surface area contributed by atoms with Crippen LogP contribution in [-0.4, -0.2) is 116 Å². The molecular weight excluding hydrogens is 696 g/mol. The Kier molecular flexibility index (Phi) is 17.2. The molecule has 0 aromatic carbocycles. The zero-order valence-corrected chi connectivity index (χ0v) is 33.6. The number of hydrogen-bond donors (Lipinski definition) is 6. The summed E-state index contributed by atoms with van der Waals surface area (Å²) in [5.41, 5.74) is 3.26. The van der Waals surface area contributed by atoms with Crippen LogP contribution < -0.4 is 0 Å². The highest BCUT2D eigenvalue weighted by molar-refractivity contribution is 5.98. The average molecular weight is 763 g/mol. The van der Waals surface area contributed by atoms with Gasteiger partial charge in [0.05, 0.1) is 24.4 Å². The number of aliphatic hydroxyl groups excluding tert-OH is 6. The number of carbonyl (C=O) groups excluding carboxylic acids is 2. The topological polar surface area (TPSA) is 192 Å². The summed E-state index contributed by atoms with van der Waals surface area (Å²) in [7, 11) is 0. The SMILES string of the molecule is C=C(C(=O)C/C=C(\C)C(CC=C(C)C)O[C@@H]1O[C@H](C)[C@H](O[C@@H]2O[C@@H](C)[C@H](O)[C@@H](O)[C@H]2O)[C@H](O)[C@H]1O)[C@@H]1CCC[C@]1(C)C(=O)C/C=C(\C)C(O)CC=C(C)C. The maximum absolute atomic E-state index is 13.6. The van der Waals surface area contributed by atoms with Crippen LogP contribution in [0.3, 0.4) is 0 Å². The van der Waals surface area contributed by atoms with E-state index < -0.39 is 79.0 Å². The molecule has 0 bridgehead atoms. The Morgan fingerprint density at radius 2 is 1.35 bits per heavy atom. The maximum Gasteiger partial charge on any atom is 0.187 e. The van der Waals surface area contributed by atoms with Crippen molar-refractivity contribution < 1.29 is 59.2 Å². The number of Topliss-reactive ketones (excluding diaryl/α,β-unsaturated/α-hetero) is 2. The fraction of sp³-hybridized carbons (Fsp3) is 0.714. The van der Waals surface area contributed by atoms with Crippen molar-refractivity contribution >= 4 is 11.6 Å². The van der Waals surface area contributed by atoms with E-state index in [9.17, 15) is 40.2 Å². The summed E-state index contributed by atoms with van der Waals surface area (Å²) < 4.78 is 23.5. The number of carbonyl (C=O) groups is 2. The molecule has 6 N–H and O–H groups in total. The third-order valence-corrected chi connectivity index (χ3v) is 11.3. The van der Waals surface area contributed by atoms with E-state index in [-0.39, 0.29) is 30.3 Å². The van der Waals surface area contributed by atoms with Gasteiger partial charge >= 0.3 is 0 Å². The minimum absolute atomic E-state index is 0.0260. The van der Waals surface area contributed by atoms with Gasteiger partial charge in [0.1, 0.15) is 42.4 Å². The molecule has 0 radical (unpaired) electrons. The predicted molar refractivity (Wildman–Crippen MR) is 204 cm³/mol. The van der Waals surface area contributed by atoms with Crippen LogP contribution in [0.4, 0.5) is 0 Å². The Labute approximate surface area is 321 Å². The van der Waals surface area contributed by atoms with E-state index in [0.29, 0.717) is 36.8 Å². The first kappa shape index (κ1) is 46.0. The molecule has 306 valence electrons. The second-order valence-electron chi connectivity index (χ2n) is 16.2. The summed E-state index contributed by atoms with van der Waals surface area (Å²) in [6.45, 7) is 20.6. The number of rotatable bonds is 17. The molecule has 2 heterocycles. The first-order chi connectivity index (χ1) is 25.2. The van der Waals surface area contributed by atoms with Crippen LogP contribution >= 0.6 is 0 Å². The highest BCUT2D eigenvalue weighted by atomic mass is 16.7. The molecule has 2 unspecified atom stereocenters. The van der Waals surface area contributed by atoms with Crippen LogP contribution in [0.2, 0.25) is 0 Å². The quantitative estimate of drug-likeness (QED) is 0.0912. The van der Waals surface area contributed by atoms with Crippen LogP contribution in [-0.2, 0) is 28.5 Å². The van der Waals surface area contributed by atoms with Crippen molar-refractivity contribution in [2.24, 2.45) is 11.3 Å². The predicted octanol–water partition coefficient (Wildman–Crippen LogP) is 4.30. The van der Waals surface area contributed by atoms with Gasteiger partial charge in [-0.2, -0.15) is 0 Å². The van der Waals surface area contributed by atoms with Gasteiger partial charge in [0.2, 0.25) is 0 Å². The van der Waals surface area contributed by atoms with Gasteiger partial charge in [0.25, 0.3) is 0 Å². The Morgan fingerprint density at radius 3 is 1.98 bits per heavy atom. The lowest BCUT2D eigenvalue weighted by Crippen LogP contribution is -2.63. The monoisotopic (exact) mass is 762 g/mol. The van der Waals surface area contributed by atoms with Crippen molar-refractivity contribution in [3.05, 3.63) is 58.7 Å². The Hall–Kier alpha value is -2.36. The lowest BCUT2D eigenvalue weighted by molar-refractivity contribution is -0.354. The summed E-state index contributed by atoms with van der Waals surface area (Å²) in [5, 5.41) is 63.3. The van der Waals surface area contributed by atoms with Crippen molar-refractivity contribution in [1.29, 1.82) is 0 Å². The average Bonchev–Trinajstić information content (AvgIpc) is 3.53. The molecule has 1 saturated carbocycles. The van der Waals surface area contributed by atoms with E-state index in [1.165, 1.54) is 6.92 Å². The van der Waals surface area contributed by atoms with Crippen molar-refractivity contribution in [2.45, 2.75) is 181 Å². The third-order valence-electron chi connectivity index (χ3n) is 11.3. The van der Waals surface area contributed by atoms with Gasteiger partial charge in [-0.3, -0.25) is 9.59 Å². The van der Waals surface area contributed by atoms with Crippen LogP contribution in [0, 0.1) is 11.3 Å². The molecule has 3 fully saturated rings. The van der Waals surface area contributed by atoms with E-state index in [0.717, 1.165) is 23.1 Å². The van der Waals surface area contributed by atoms with Crippen molar-refractivity contribution in [3.8, 4) is 0 Å². The van der Waals surface area contributed by atoms with Crippen LogP contribution in [0.25, 0.3) is 0 Å². The van der Waals surface area contributed by atoms with Gasteiger partial charge in [-0.15, -0.1) is 0 Å². The van der Waals surface area contributed by atoms with E-state index >= 15 is 0 Å². The van der Waals surface area contributed by atoms with E-state index in [1.807, 2.05) is 60.6 Å². The van der Waals surface area contributed by atoms with Crippen LogP contribution in [0.15, 0.2) is 58.7 Å². The first-order valence-corrected chi connectivity index (χ1v) is 19.2. The summed E-state index contributed by atoms with van der Waals surface area (Å²) >= 11 is 0. The summed E-state index contributed by atoms with van der Waals surface area (Å²) in [6.07, 6.45) is -3.71. The van der Waals surface area contributed by atoms with Gasteiger partial charge in [0, 0.05) is 18.3 Å². The van der Waals surface area contributed by atoms with Gasteiger partial charge in [0.15, 0.2) is 18.4 Å². The summed E-state index contributed by atoms with van der Waals surface area (Å²) in [6, 6.07) is 0. The van der Waals surface area contributed by atoms with Gasteiger partial charge in [-0.05, 0) is 104 Å². The zero-order chi connectivity index (χ0) is 40.7. The fourth-order valence-corrected chi connectivity index (χ4v) is 7.37. The largest absolute Gasteiger partial charge is 0.388 e. The minimum atomic E-state index is -1.60. The summed E-state index contributed by atoms with van der Waals surface area (Å²) in [4.78, 5) is 27.2. The number of ether oxygens (including phenoxy) is 4. The Morgan fingerprint density at radius 1 is 0.778 bits per heavy atom. The molecule has 0 amide bonds. The first-order valence-electron chi connectivity index (χ1n) is 19.2. The summed E-state index contributed by atoms with van der Waals surface area (Å²) in [5.74, 6) is -0.450. The normalized spacial score (nSPS) is 35.9. The molecule has 0 spiro atoms. The molecule has 3 aliphatic rings. The van der Waals surface area contributed by atoms with E-state index in [2.05, 4.69) is 6.58 Å². The zero-order valence-electron chi connectivity index (χ0n) is 33.6. The lowest BCUT2D eigenvalue weighted by atomic mass is 9.71. The van der Waals surface area contributed by atoms with E-state index in [4.69, 9.17) is 18.9 Å². The molecule has 0 aromatic heterocycles. The molecule has 2 aliphatic heterocycles. The van der Waals surface area contributed by atoms with Crippen LogP contribution in [0.1, 0.15) is 107 Å². The van der Waals surface area contributed by atoms with Crippen molar-refractivity contribution in [2.75, 3.05) is 0 Å². The minimum Gasteiger partial charge on any atom is -0.388 e. The number of aliphatic hydroxyl groups is 6. The van der Waals surface area contributed by atoms with Gasteiger partial charge in [-0.25, -0.2) is 0 Å². The second-order valence-corrected chi connectivity index (χ2v) is 16.2. The molecule has 12 nitrogen and oxygen atoms in total. The second kappa shape index (κ2) is 20.2. The van der Waals surface area contributed by atoms with Crippen LogP contribution in [0.5, 0.6) is 0 Å². The molecule has 12 heteroatoms.